The molecule has 6 nitrogen and oxygen atoms in total. The second-order valence-corrected chi connectivity index (χ2v) is 5.24. The fourth-order valence-corrected chi connectivity index (χ4v) is 2.80. The summed E-state index contributed by atoms with van der Waals surface area (Å²) >= 11 is 0. The molecule has 0 bridgehead atoms. The molecule has 0 saturated heterocycles. The van der Waals surface area contributed by atoms with Gasteiger partial charge in [-0.3, -0.25) is 4.79 Å². The average molecular weight is 265 g/mol. The lowest BCUT2D eigenvalue weighted by Crippen LogP contribution is -2.43. The molecule has 6 heteroatoms. The van der Waals surface area contributed by atoms with Crippen molar-refractivity contribution in [1.29, 1.82) is 0 Å². The van der Waals surface area contributed by atoms with Crippen molar-refractivity contribution in [2.75, 3.05) is 0 Å². The van der Waals surface area contributed by atoms with Crippen LogP contribution in [0, 0.1) is 5.92 Å². The molecule has 1 heterocycles. The van der Waals surface area contributed by atoms with Gasteiger partial charge in [-0.25, -0.2) is 4.68 Å². The minimum atomic E-state index is 0.0128. The summed E-state index contributed by atoms with van der Waals surface area (Å²) in [5.74, 6) is 0.631. The number of carbonyl (C=O) groups excluding carboxylic acids is 1. The van der Waals surface area contributed by atoms with Crippen LogP contribution in [0.1, 0.15) is 44.7 Å². The fourth-order valence-electron chi connectivity index (χ4n) is 2.80. The number of nitrogens with zero attached hydrogens (tertiary/aromatic N) is 3. The van der Waals surface area contributed by atoms with Gasteiger partial charge in [-0.05, 0) is 18.8 Å². The van der Waals surface area contributed by atoms with Gasteiger partial charge in [-0.1, -0.05) is 31.4 Å². The fraction of sp³-hybridized carbons (Fsp3) is 0.769. The molecule has 2 unspecified atom stereocenters. The lowest BCUT2D eigenvalue weighted by molar-refractivity contribution is -0.123. The number of rotatable bonds is 5. The van der Waals surface area contributed by atoms with Gasteiger partial charge in [0.25, 0.3) is 0 Å². The first kappa shape index (κ1) is 14.0. The Morgan fingerprint density at radius 2 is 2.32 bits per heavy atom. The Bertz CT molecular complexity index is 417. The van der Waals surface area contributed by atoms with E-state index in [1.165, 1.54) is 19.3 Å². The van der Waals surface area contributed by atoms with Crippen LogP contribution in [-0.2, 0) is 17.9 Å². The van der Waals surface area contributed by atoms with E-state index in [1.54, 1.807) is 10.9 Å². The van der Waals surface area contributed by atoms with Gasteiger partial charge in [-0.2, -0.15) is 0 Å². The number of hydrogen-bond acceptors (Lipinski definition) is 4. The summed E-state index contributed by atoms with van der Waals surface area (Å²) in [4.78, 5) is 12.0. The zero-order chi connectivity index (χ0) is 13.7. The molecule has 2 atom stereocenters. The zero-order valence-electron chi connectivity index (χ0n) is 11.5. The molecule has 1 aliphatic rings. The first-order chi connectivity index (χ1) is 9.22. The predicted octanol–water partition coefficient (Wildman–Crippen LogP) is 0.822. The van der Waals surface area contributed by atoms with E-state index in [1.807, 2.05) is 0 Å². The van der Waals surface area contributed by atoms with Crippen molar-refractivity contribution < 1.29 is 4.79 Å². The van der Waals surface area contributed by atoms with Crippen LogP contribution in [0.4, 0.5) is 0 Å². The topological polar surface area (TPSA) is 85.8 Å². The van der Waals surface area contributed by atoms with Crippen molar-refractivity contribution >= 4 is 5.91 Å². The van der Waals surface area contributed by atoms with Gasteiger partial charge < -0.3 is 11.1 Å². The number of aromatic nitrogens is 3. The lowest BCUT2D eigenvalue weighted by Gasteiger charge is -2.31. The minimum Gasteiger partial charge on any atom is -0.351 e. The number of nitrogens with two attached hydrogens (primary N) is 1. The number of nitrogens with one attached hydrogen (secondary N) is 1. The first-order valence-electron chi connectivity index (χ1n) is 7.11. The third-order valence-electron chi connectivity index (χ3n) is 3.88. The quantitative estimate of drug-likeness (QED) is 0.825. The largest absolute Gasteiger partial charge is 0.351 e. The third kappa shape index (κ3) is 3.76. The molecule has 2 rings (SSSR count). The van der Waals surface area contributed by atoms with Gasteiger partial charge in [0.2, 0.25) is 5.91 Å². The highest BCUT2D eigenvalue weighted by Gasteiger charge is 2.24. The van der Waals surface area contributed by atoms with Crippen molar-refractivity contribution in [1.82, 2.24) is 20.3 Å². The molecule has 1 amide bonds. The molecule has 19 heavy (non-hydrogen) atoms. The normalized spacial score (nSPS) is 23.3. The maximum Gasteiger partial charge on any atom is 0.242 e. The molecule has 3 N–H and O–H groups in total. The molecular formula is C13H23N5O. The van der Waals surface area contributed by atoms with Gasteiger partial charge in [0.05, 0.1) is 11.9 Å². The molecule has 0 aliphatic heterocycles. The van der Waals surface area contributed by atoms with Gasteiger partial charge in [0.15, 0.2) is 0 Å². The standard InChI is InChI=1S/C13H23N5O/c1-2-10-5-3-4-6-12(10)15-13(19)9-18-8-11(7-14)16-17-18/h8,10,12H,2-7,9,14H2,1H3,(H,15,19). The maximum absolute atomic E-state index is 12.0. The van der Waals surface area contributed by atoms with E-state index in [9.17, 15) is 4.79 Å². The molecular weight excluding hydrogens is 242 g/mol. The molecule has 106 valence electrons. The van der Waals surface area contributed by atoms with E-state index in [4.69, 9.17) is 5.73 Å². The van der Waals surface area contributed by atoms with Crippen molar-refractivity contribution in [3.8, 4) is 0 Å². The predicted molar refractivity (Wildman–Crippen MR) is 72.1 cm³/mol. The molecule has 1 aliphatic carbocycles. The zero-order valence-corrected chi connectivity index (χ0v) is 11.5. The van der Waals surface area contributed by atoms with Crippen LogP contribution in [0.3, 0.4) is 0 Å². The molecule has 1 aromatic rings. The summed E-state index contributed by atoms with van der Waals surface area (Å²) in [7, 11) is 0. The summed E-state index contributed by atoms with van der Waals surface area (Å²) in [5, 5.41) is 10.9. The molecule has 0 spiro atoms. The average Bonchev–Trinajstić information content (AvgIpc) is 2.87. The van der Waals surface area contributed by atoms with Crippen molar-refractivity contribution in [3.63, 3.8) is 0 Å². The smallest absolute Gasteiger partial charge is 0.242 e. The van der Waals surface area contributed by atoms with Gasteiger partial charge in [-0.15, -0.1) is 5.10 Å². The second kappa shape index (κ2) is 6.65. The van der Waals surface area contributed by atoms with E-state index < -0.39 is 0 Å². The van der Waals surface area contributed by atoms with Crippen LogP contribution in [0.15, 0.2) is 6.20 Å². The minimum absolute atomic E-state index is 0.0128. The molecule has 1 fully saturated rings. The van der Waals surface area contributed by atoms with E-state index in [0.29, 0.717) is 24.2 Å². The van der Waals surface area contributed by atoms with Crippen LogP contribution in [0.25, 0.3) is 0 Å². The molecule has 1 aromatic heterocycles. The first-order valence-corrected chi connectivity index (χ1v) is 7.11. The highest BCUT2D eigenvalue weighted by atomic mass is 16.2. The van der Waals surface area contributed by atoms with Crippen LogP contribution in [0.2, 0.25) is 0 Å². The third-order valence-corrected chi connectivity index (χ3v) is 3.88. The van der Waals surface area contributed by atoms with E-state index >= 15 is 0 Å². The number of carbonyl (C=O) groups is 1. The summed E-state index contributed by atoms with van der Waals surface area (Å²) < 4.78 is 1.54. The van der Waals surface area contributed by atoms with Crippen LogP contribution in [-0.4, -0.2) is 26.9 Å². The Labute approximate surface area is 113 Å². The van der Waals surface area contributed by atoms with Gasteiger partial charge >= 0.3 is 0 Å². The van der Waals surface area contributed by atoms with Gasteiger partial charge in [0.1, 0.15) is 6.54 Å². The highest BCUT2D eigenvalue weighted by molar-refractivity contribution is 5.76. The Kier molecular flexibility index (Phi) is 4.90. The summed E-state index contributed by atoms with van der Waals surface area (Å²) in [6.45, 7) is 2.77. The lowest BCUT2D eigenvalue weighted by atomic mass is 9.83. The monoisotopic (exact) mass is 265 g/mol. The number of hydrogen-bond donors (Lipinski definition) is 2. The Morgan fingerprint density at radius 3 is 3.00 bits per heavy atom. The maximum atomic E-state index is 12.0. The van der Waals surface area contributed by atoms with E-state index in [2.05, 4.69) is 22.6 Å². The van der Waals surface area contributed by atoms with E-state index in [0.717, 1.165) is 12.8 Å². The Hall–Kier alpha value is -1.43. The second-order valence-electron chi connectivity index (χ2n) is 5.24. The summed E-state index contributed by atoms with van der Waals surface area (Å²) in [6.07, 6.45) is 7.66. The summed E-state index contributed by atoms with van der Waals surface area (Å²) in [6, 6.07) is 0.323. The molecule has 0 aromatic carbocycles. The Morgan fingerprint density at radius 1 is 1.53 bits per heavy atom. The van der Waals surface area contributed by atoms with Crippen molar-refractivity contribution in [2.45, 2.75) is 58.2 Å². The highest BCUT2D eigenvalue weighted by Crippen LogP contribution is 2.26. The van der Waals surface area contributed by atoms with Crippen molar-refractivity contribution in [2.24, 2.45) is 11.7 Å². The van der Waals surface area contributed by atoms with E-state index in [-0.39, 0.29) is 12.5 Å². The Balaban J connectivity index is 1.86. The summed E-state index contributed by atoms with van der Waals surface area (Å²) in [5.41, 5.74) is 6.17. The molecule has 1 saturated carbocycles. The van der Waals surface area contributed by atoms with Crippen LogP contribution < -0.4 is 11.1 Å². The van der Waals surface area contributed by atoms with Gasteiger partial charge in [0, 0.05) is 12.6 Å². The number of amides is 1. The SMILES string of the molecule is CCC1CCCCC1NC(=O)Cn1cc(CN)nn1. The molecule has 0 radical (unpaired) electrons. The van der Waals surface area contributed by atoms with Crippen LogP contribution in [0.5, 0.6) is 0 Å². The van der Waals surface area contributed by atoms with Crippen LogP contribution >= 0.6 is 0 Å². The van der Waals surface area contributed by atoms with Crippen molar-refractivity contribution in [3.05, 3.63) is 11.9 Å².